The van der Waals surface area contributed by atoms with Crippen molar-refractivity contribution in [2.24, 2.45) is 4.99 Å². The molecular weight excluding hydrogens is 358 g/mol. The molecule has 0 bridgehead atoms. The highest BCUT2D eigenvalue weighted by molar-refractivity contribution is 6.37. The van der Waals surface area contributed by atoms with Crippen LogP contribution in [0.5, 0.6) is 11.5 Å². The van der Waals surface area contributed by atoms with Crippen molar-refractivity contribution in [2.45, 2.75) is 0 Å². The highest BCUT2D eigenvalue weighted by Crippen LogP contribution is 2.32. The van der Waals surface area contributed by atoms with E-state index in [2.05, 4.69) is 15.3 Å². The van der Waals surface area contributed by atoms with Crippen molar-refractivity contribution in [3.8, 4) is 11.5 Å². The van der Waals surface area contributed by atoms with E-state index in [-0.39, 0.29) is 11.3 Å². The normalized spacial score (nSPS) is 14.2. The summed E-state index contributed by atoms with van der Waals surface area (Å²) in [6.07, 6.45) is 3.21. The molecule has 0 fully saturated rings. The monoisotopic (exact) mass is 375 g/mol. The summed E-state index contributed by atoms with van der Waals surface area (Å²) >= 11 is 0. The summed E-state index contributed by atoms with van der Waals surface area (Å²) in [5.41, 5.74) is 2.38. The Hall–Kier alpha value is -3.87. The van der Waals surface area contributed by atoms with E-state index >= 15 is 0 Å². The molecule has 0 atom stereocenters. The number of hydrogen-bond acceptors (Lipinski definition) is 5. The van der Waals surface area contributed by atoms with Crippen LogP contribution in [-0.4, -0.2) is 37.2 Å². The van der Waals surface area contributed by atoms with Gasteiger partial charge in [0.25, 0.3) is 11.8 Å². The number of aliphatic imine (C=N–C) groups is 1. The van der Waals surface area contributed by atoms with E-state index < -0.39 is 11.8 Å². The van der Waals surface area contributed by atoms with Gasteiger partial charge in [-0.1, -0.05) is 12.1 Å². The zero-order chi connectivity index (χ0) is 19.7. The molecule has 1 aliphatic rings. The number of aromatic nitrogens is 1. The van der Waals surface area contributed by atoms with Crippen LogP contribution in [0.15, 0.2) is 59.4 Å². The van der Waals surface area contributed by atoms with Gasteiger partial charge in [-0.05, 0) is 30.3 Å². The standard InChI is InChI=1S/C21H17N3O4/c1-27-13-7-8-16-14(9-13)15(11-22-16)18-19(21(26)24-20(18)25)23-10-12-5-3-4-6-17(12)28-2/h3-11,22H,1-2H3,(H,24,25,26). The molecule has 4 rings (SSSR count). The van der Waals surface area contributed by atoms with Gasteiger partial charge < -0.3 is 14.5 Å². The summed E-state index contributed by atoms with van der Waals surface area (Å²) in [5, 5.41) is 3.09. The van der Waals surface area contributed by atoms with Crippen LogP contribution < -0.4 is 14.8 Å². The summed E-state index contributed by atoms with van der Waals surface area (Å²) in [4.78, 5) is 32.3. The highest BCUT2D eigenvalue weighted by Gasteiger charge is 2.32. The minimum atomic E-state index is -0.539. The Labute approximate surface area is 160 Å². The van der Waals surface area contributed by atoms with Crippen LogP contribution in [0.2, 0.25) is 0 Å². The summed E-state index contributed by atoms with van der Waals surface area (Å²) in [6.45, 7) is 0. The van der Waals surface area contributed by atoms with E-state index in [0.717, 1.165) is 10.9 Å². The number of benzene rings is 2. The largest absolute Gasteiger partial charge is 0.497 e. The Morgan fingerprint density at radius 2 is 1.82 bits per heavy atom. The van der Waals surface area contributed by atoms with Crippen LogP contribution in [0.25, 0.3) is 16.5 Å². The predicted molar refractivity (Wildman–Crippen MR) is 106 cm³/mol. The number of amides is 2. The molecule has 2 amide bonds. The highest BCUT2D eigenvalue weighted by atomic mass is 16.5. The first-order chi connectivity index (χ1) is 13.6. The number of hydrogen-bond donors (Lipinski definition) is 2. The molecule has 0 aliphatic carbocycles. The number of carbonyl (C=O) groups is 2. The second kappa shape index (κ2) is 7.03. The Balaban J connectivity index is 1.85. The van der Waals surface area contributed by atoms with E-state index in [4.69, 9.17) is 9.47 Å². The lowest BCUT2D eigenvalue weighted by atomic mass is 10.0. The van der Waals surface area contributed by atoms with Gasteiger partial charge in [0.2, 0.25) is 0 Å². The van der Waals surface area contributed by atoms with Gasteiger partial charge in [0.05, 0.1) is 19.8 Å². The molecule has 0 saturated heterocycles. The van der Waals surface area contributed by atoms with Crippen molar-refractivity contribution in [1.82, 2.24) is 10.3 Å². The Morgan fingerprint density at radius 3 is 2.61 bits per heavy atom. The zero-order valence-corrected chi connectivity index (χ0v) is 15.3. The van der Waals surface area contributed by atoms with Gasteiger partial charge in [0.15, 0.2) is 0 Å². The molecule has 3 aromatic rings. The molecule has 2 heterocycles. The van der Waals surface area contributed by atoms with Gasteiger partial charge >= 0.3 is 0 Å². The van der Waals surface area contributed by atoms with Crippen LogP contribution in [0.1, 0.15) is 11.1 Å². The lowest BCUT2D eigenvalue weighted by molar-refractivity contribution is -0.123. The quantitative estimate of drug-likeness (QED) is 0.530. The van der Waals surface area contributed by atoms with Crippen molar-refractivity contribution < 1.29 is 19.1 Å². The van der Waals surface area contributed by atoms with E-state index in [0.29, 0.717) is 22.6 Å². The zero-order valence-electron chi connectivity index (χ0n) is 15.3. The second-order valence-electron chi connectivity index (χ2n) is 6.12. The first-order valence-electron chi connectivity index (χ1n) is 8.55. The maximum atomic E-state index is 12.5. The van der Waals surface area contributed by atoms with Crippen molar-refractivity contribution in [3.63, 3.8) is 0 Å². The number of H-pyrrole nitrogens is 1. The van der Waals surface area contributed by atoms with E-state index in [1.807, 2.05) is 36.4 Å². The lowest BCUT2D eigenvalue weighted by Gasteiger charge is -2.04. The summed E-state index contributed by atoms with van der Waals surface area (Å²) in [6, 6.07) is 12.8. The summed E-state index contributed by atoms with van der Waals surface area (Å²) in [5.74, 6) is 0.247. The Kier molecular flexibility index (Phi) is 4.41. The third-order valence-electron chi connectivity index (χ3n) is 4.54. The third-order valence-corrected chi connectivity index (χ3v) is 4.54. The molecule has 0 spiro atoms. The number of fused-ring (bicyclic) bond motifs is 1. The van der Waals surface area contributed by atoms with Crippen molar-refractivity contribution in [3.05, 3.63) is 65.5 Å². The van der Waals surface area contributed by atoms with Crippen LogP contribution in [-0.2, 0) is 9.59 Å². The smallest absolute Gasteiger partial charge is 0.277 e. The molecule has 28 heavy (non-hydrogen) atoms. The molecular formula is C21H17N3O4. The number of carbonyl (C=O) groups excluding carboxylic acids is 2. The minimum absolute atomic E-state index is 0.0552. The van der Waals surface area contributed by atoms with Crippen LogP contribution in [0.4, 0.5) is 0 Å². The topological polar surface area (TPSA) is 92.8 Å². The number of ether oxygens (including phenoxy) is 2. The fourth-order valence-electron chi connectivity index (χ4n) is 3.16. The van der Waals surface area contributed by atoms with Crippen LogP contribution in [0.3, 0.4) is 0 Å². The second-order valence-corrected chi connectivity index (χ2v) is 6.12. The Bertz CT molecular complexity index is 1160. The maximum absolute atomic E-state index is 12.5. The molecule has 140 valence electrons. The number of imide groups is 1. The van der Waals surface area contributed by atoms with Crippen molar-refractivity contribution in [2.75, 3.05) is 14.2 Å². The maximum Gasteiger partial charge on any atom is 0.277 e. The fourth-order valence-corrected chi connectivity index (χ4v) is 3.16. The average Bonchev–Trinajstić information content (AvgIpc) is 3.25. The summed E-state index contributed by atoms with van der Waals surface area (Å²) in [7, 11) is 3.13. The average molecular weight is 375 g/mol. The lowest BCUT2D eigenvalue weighted by Crippen LogP contribution is -2.22. The van der Waals surface area contributed by atoms with Gasteiger partial charge in [0.1, 0.15) is 17.2 Å². The van der Waals surface area contributed by atoms with Crippen molar-refractivity contribution in [1.29, 1.82) is 0 Å². The van der Waals surface area contributed by atoms with E-state index in [1.165, 1.54) is 6.21 Å². The molecule has 0 unspecified atom stereocenters. The number of aromatic amines is 1. The van der Waals surface area contributed by atoms with Crippen molar-refractivity contribution >= 4 is 34.5 Å². The third kappa shape index (κ3) is 2.92. The molecule has 1 aliphatic heterocycles. The Morgan fingerprint density at radius 1 is 1.00 bits per heavy atom. The molecule has 1 aromatic heterocycles. The van der Waals surface area contributed by atoms with Crippen LogP contribution >= 0.6 is 0 Å². The van der Waals surface area contributed by atoms with Gasteiger partial charge in [-0.25, -0.2) is 4.99 Å². The van der Waals surface area contributed by atoms with Gasteiger partial charge in [0, 0.05) is 34.4 Å². The molecule has 0 radical (unpaired) electrons. The van der Waals surface area contributed by atoms with Gasteiger partial charge in [-0.2, -0.15) is 0 Å². The number of methoxy groups -OCH3 is 2. The summed E-state index contributed by atoms with van der Waals surface area (Å²) < 4.78 is 10.6. The first-order valence-corrected chi connectivity index (χ1v) is 8.55. The molecule has 7 heteroatoms. The number of rotatable bonds is 5. The SMILES string of the molecule is COc1ccc2[nH]cc(C3=C(N=Cc4ccccc4OC)C(=O)NC3=O)c2c1. The molecule has 7 nitrogen and oxygen atoms in total. The van der Waals surface area contributed by atoms with E-state index in [9.17, 15) is 9.59 Å². The number of nitrogens with zero attached hydrogens (tertiary/aromatic N) is 1. The number of nitrogens with one attached hydrogen (secondary N) is 2. The van der Waals surface area contributed by atoms with Gasteiger partial charge in [-0.15, -0.1) is 0 Å². The fraction of sp³-hybridized carbons (Fsp3) is 0.0952. The molecule has 2 N–H and O–H groups in total. The minimum Gasteiger partial charge on any atom is -0.497 e. The first kappa shape index (κ1) is 17.5. The number of para-hydroxylation sites is 1. The molecule has 2 aromatic carbocycles. The van der Waals surface area contributed by atoms with E-state index in [1.54, 1.807) is 26.5 Å². The predicted octanol–water partition coefficient (Wildman–Crippen LogP) is 2.67. The molecule has 0 saturated carbocycles. The van der Waals surface area contributed by atoms with Gasteiger partial charge in [-0.3, -0.25) is 14.9 Å². The van der Waals surface area contributed by atoms with Crippen LogP contribution in [0, 0.1) is 0 Å².